The van der Waals surface area contributed by atoms with Crippen molar-refractivity contribution in [2.45, 2.75) is 13.0 Å². The number of benzene rings is 2. The number of nitro benzene ring substituents is 1. The van der Waals surface area contributed by atoms with Crippen molar-refractivity contribution in [1.82, 2.24) is 15.2 Å². The molecule has 1 aromatic heterocycles. The van der Waals surface area contributed by atoms with Gasteiger partial charge in [0.05, 0.1) is 31.8 Å². The number of nitrogens with two attached hydrogens (primary N) is 1. The smallest absolute Gasteiger partial charge is 0.311 e. The molecule has 0 amide bonds. The second-order valence-corrected chi connectivity index (χ2v) is 6.01. The van der Waals surface area contributed by atoms with Crippen molar-refractivity contribution in [2.24, 2.45) is 5.73 Å². The Labute approximate surface area is 166 Å². The molecule has 0 unspecified atom stereocenters. The molecule has 0 aliphatic heterocycles. The monoisotopic (exact) mass is 399 g/mol. The van der Waals surface area contributed by atoms with Crippen LogP contribution in [0.15, 0.2) is 36.4 Å². The largest absolute Gasteiger partial charge is 0.493 e. The van der Waals surface area contributed by atoms with Crippen LogP contribution in [0.25, 0.3) is 11.4 Å². The third kappa shape index (κ3) is 4.11. The first kappa shape index (κ1) is 20.1. The molecule has 0 spiro atoms. The molecule has 10 nitrogen and oxygen atoms in total. The van der Waals surface area contributed by atoms with Gasteiger partial charge < -0.3 is 19.9 Å². The summed E-state index contributed by atoms with van der Waals surface area (Å²) in [4.78, 5) is 15.1. The molecule has 152 valence electrons. The van der Waals surface area contributed by atoms with E-state index in [0.29, 0.717) is 35.3 Å². The average molecular weight is 399 g/mol. The highest BCUT2D eigenvalue weighted by Crippen LogP contribution is 2.33. The van der Waals surface area contributed by atoms with E-state index >= 15 is 0 Å². The van der Waals surface area contributed by atoms with Gasteiger partial charge in [0.15, 0.2) is 23.1 Å². The summed E-state index contributed by atoms with van der Waals surface area (Å²) in [7, 11) is 2.94. The van der Waals surface area contributed by atoms with Crippen LogP contribution in [0.3, 0.4) is 0 Å². The number of ether oxygens (including phenoxy) is 3. The molecule has 2 aromatic carbocycles. The predicted molar refractivity (Wildman–Crippen MR) is 105 cm³/mol. The van der Waals surface area contributed by atoms with Crippen molar-refractivity contribution < 1.29 is 19.1 Å². The van der Waals surface area contributed by atoms with Gasteiger partial charge in [-0.1, -0.05) is 6.07 Å². The molecular formula is C19H21N5O5. The highest BCUT2D eigenvalue weighted by Gasteiger charge is 2.20. The minimum absolute atomic E-state index is 0.160. The molecule has 0 fully saturated rings. The Hall–Kier alpha value is -3.66. The summed E-state index contributed by atoms with van der Waals surface area (Å²) >= 11 is 0. The van der Waals surface area contributed by atoms with Gasteiger partial charge in [-0.2, -0.15) is 5.10 Å². The Morgan fingerprint density at radius 2 is 1.86 bits per heavy atom. The first-order valence-corrected chi connectivity index (χ1v) is 8.79. The lowest BCUT2D eigenvalue weighted by Gasteiger charge is -2.14. The maximum atomic E-state index is 11.2. The predicted octanol–water partition coefficient (Wildman–Crippen LogP) is 2.84. The van der Waals surface area contributed by atoms with Gasteiger partial charge in [-0.05, 0) is 36.8 Å². The van der Waals surface area contributed by atoms with Gasteiger partial charge in [-0.25, -0.2) is 4.98 Å². The van der Waals surface area contributed by atoms with Crippen LogP contribution in [0.5, 0.6) is 17.2 Å². The molecule has 10 heteroatoms. The number of H-pyrrole nitrogens is 1. The zero-order chi connectivity index (χ0) is 21.0. The van der Waals surface area contributed by atoms with Crippen LogP contribution >= 0.6 is 0 Å². The minimum Gasteiger partial charge on any atom is -0.493 e. The van der Waals surface area contributed by atoms with Crippen LogP contribution in [0.1, 0.15) is 24.4 Å². The average Bonchev–Trinajstić information content (AvgIpc) is 3.23. The quantitative estimate of drug-likeness (QED) is 0.435. The zero-order valence-electron chi connectivity index (χ0n) is 16.2. The fourth-order valence-electron chi connectivity index (χ4n) is 2.83. The second kappa shape index (κ2) is 8.57. The number of nitrogens with zero attached hydrogens (tertiary/aromatic N) is 3. The van der Waals surface area contributed by atoms with Crippen molar-refractivity contribution >= 4 is 5.69 Å². The van der Waals surface area contributed by atoms with Crippen LogP contribution in [0.4, 0.5) is 5.69 Å². The lowest BCUT2D eigenvalue weighted by atomic mass is 10.1. The highest BCUT2D eigenvalue weighted by atomic mass is 16.6. The molecule has 0 saturated carbocycles. The van der Waals surface area contributed by atoms with Crippen molar-refractivity contribution in [2.75, 3.05) is 20.8 Å². The molecule has 1 heterocycles. The third-order valence-corrected chi connectivity index (χ3v) is 4.28. The van der Waals surface area contributed by atoms with Gasteiger partial charge in [0.2, 0.25) is 0 Å². The first-order chi connectivity index (χ1) is 14.0. The Morgan fingerprint density at radius 3 is 2.52 bits per heavy atom. The number of nitrogens with one attached hydrogen (secondary N) is 1. The molecule has 3 aromatic rings. The van der Waals surface area contributed by atoms with Gasteiger partial charge >= 0.3 is 5.69 Å². The highest BCUT2D eigenvalue weighted by molar-refractivity contribution is 5.63. The van der Waals surface area contributed by atoms with Crippen molar-refractivity contribution in [3.05, 3.63) is 57.9 Å². The number of hydrogen-bond acceptors (Lipinski definition) is 8. The third-order valence-electron chi connectivity index (χ3n) is 4.28. The van der Waals surface area contributed by atoms with Crippen molar-refractivity contribution in [1.29, 1.82) is 0 Å². The van der Waals surface area contributed by atoms with Crippen LogP contribution in [-0.4, -0.2) is 40.9 Å². The lowest BCUT2D eigenvalue weighted by Crippen LogP contribution is -2.14. The number of rotatable bonds is 8. The van der Waals surface area contributed by atoms with E-state index in [-0.39, 0.29) is 11.4 Å². The van der Waals surface area contributed by atoms with E-state index in [4.69, 9.17) is 19.9 Å². The Kier molecular flexibility index (Phi) is 5.93. The Balaban J connectivity index is 1.91. The van der Waals surface area contributed by atoms with E-state index in [9.17, 15) is 10.1 Å². The van der Waals surface area contributed by atoms with Gasteiger partial charge in [0.1, 0.15) is 5.82 Å². The van der Waals surface area contributed by atoms with Crippen LogP contribution in [0, 0.1) is 10.1 Å². The van der Waals surface area contributed by atoms with E-state index in [1.54, 1.807) is 25.3 Å². The van der Waals surface area contributed by atoms with Crippen LogP contribution in [0.2, 0.25) is 0 Å². The Morgan fingerprint density at radius 1 is 1.14 bits per heavy atom. The maximum absolute atomic E-state index is 11.2. The summed E-state index contributed by atoms with van der Waals surface area (Å²) in [6.45, 7) is 2.36. The van der Waals surface area contributed by atoms with E-state index in [2.05, 4.69) is 15.2 Å². The van der Waals surface area contributed by atoms with Gasteiger partial charge in [-0.3, -0.25) is 15.2 Å². The molecule has 0 saturated heterocycles. The normalized spacial score (nSPS) is 11.7. The summed E-state index contributed by atoms with van der Waals surface area (Å²) in [5.41, 5.74) is 7.38. The number of aromatic nitrogens is 3. The number of aromatic amines is 1. The zero-order valence-corrected chi connectivity index (χ0v) is 16.2. The Bertz CT molecular complexity index is 1020. The molecular weight excluding hydrogens is 378 g/mol. The van der Waals surface area contributed by atoms with Crippen LogP contribution < -0.4 is 19.9 Å². The maximum Gasteiger partial charge on any atom is 0.311 e. The molecule has 0 aliphatic carbocycles. The SMILES string of the molecule is CCOc1cc([C@H](N)c2nc(-c3ccc(OC)c([N+](=O)[O-])c3)n[nH]2)ccc1OC. The van der Waals surface area contributed by atoms with Crippen molar-refractivity contribution in [3.8, 4) is 28.6 Å². The standard InChI is InChI=1S/C19H21N5O5/c1-4-29-16-10-11(5-8-15(16)28-3)17(20)19-21-18(22-23-19)12-6-7-14(27-2)13(9-12)24(25)26/h5-10,17H,4,20H2,1-3H3,(H,21,22,23)/t17-/m0/s1. The molecule has 3 N–H and O–H groups in total. The van der Waals surface area contributed by atoms with Gasteiger partial charge in [-0.15, -0.1) is 0 Å². The minimum atomic E-state index is -0.602. The van der Waals surface area contributed by atoms with Gasteiger partial charge in [0.25, 0.3) is 0 Å². The van der Waals surface area contributed by atoms with Gasteiger partial charge in [0, 0.05) is 11.6 Å². The van der Waals surface area contributed by atoms with Crippen LogP contribution in [-0.2, 0) is 0 Å². The summed E-state index contributed by atoms with van der Waals surface area (Å²) in [6.07, 6.45) is 0. The lowest BCUT2D eigenvalue weighted by molar-refractivity contribution is -0.385. The second-order valence-electron chi connectivity index (χ2n) is 6.01. The first-order valence-electron chi connectivity index (χ1n) is 8.79. The summed E-state index contributed by atoms with van der Waals surface area (Å²) in [6, 6.07) is 9.27. The fraction of sp³-hybridized carbons (Fsp3) is 0.263. The number of hydrogen-bond donors (Lipinski definition) is 2. The van der Waals surface area contributed by atoms with E-state index in [1.165, 1.54) is 19.2 Å². The fourth-order valence-corrected chi connectivity index (χ4v) is 2.83. The number of nitro groups is 1. The molecule has 0 radical (unpaired) electrons. The molecule has 29 heavy (non-hydrogen) atoms. The molecule has 1 atom stereocenters. The van der Waals surface area contributed by atoms with E-state index < -0.39 is 11.0 Å². The summed E-state index contributed by atoms with van der Waals surface area (Å²) in [5.74, 6) is 2.04. The summed E-state index contributed by atoms with van der Waals surface area (Å²) < 4.78 is 15.9. The number of methoxy groups -OCH3 is 2. The molecule has 0 bridgehead atoms. The molecule has 0 aliphatic rings. The van der Waals surface area contributed by atoms with E-state index in [0.717, 1.165) is 5.56 Å². The summed E-state index contributed by atoms with van der Waals surface area (Å²) in [5, 5.41) is 18.2. The molecule has 3 rings (SSSR count). The van der Waals surface area contributed by atoms with E-state index in [1.807, 2.05) is 13.0 Å². The van der Waals surface area contributed by atoms with Crippen molar-refractivity contribution in [3.63, 3.8) is 0 Å². The topological polar surface area (TPSA) is 138 Å².